The standard InChI is InChI=1S/C11H4ClF4NO/c12-6-3-5(1-2-7(6)13)18-11-9(15)4-8(14)10(16)17-11/h1-4H. The van der Waals surface area contributed by atoms with Gasteiger partial charge in [-0.15, -0.1) is 0 Å². The molecule has 1 heterocycles. The van der Waals surface area contributed by atoms with Gasteiger partial charge in [0.05, 0.1) is 5.02 Å². The fraction of sp³-hybridized carbons (Fsp3) is 0. The molecule has 0 saturated carbocycles. The predicted molar refractivity (Wildman–Crippen MR) is 55.6 cm³/mol. The second kappa shape index (κ2) is 4.81. The van der Waals surface area contributed by atoms with E-state index in [0.29, 0.717) is 6.07 Å². The average Bonchev–Trinajstić information content (AvgIpc) is 2.31. The third-order valence-corrected chi connectivity index (χ3v) is 2.25. The SMILES string of the molecule is Fc1ccc(Oc2nc(F)c(F)cc2F)cc1Cl. The lowest BCUT2D eigenvalue weighted by Crippen LogP contribution is -1.98. The maximum atomic E-state index is 13.2. The van der Waals surface area contributed by atoms with Crippen molar-refractivity contribution in [1.82, 2.24) is 4.98 Å². The van der Waals surface area contributed by atoms with Crippen molar-refractivity contribution in [2.24, 2.45) is 0 Å². The second-order valence-electron chi connectivity index (χ2n) is 3.23. The summed E-state index contributed by atoms with van der Waals surface area (Å²) in [6.07, 6.45) is 0. The largest absolute Gasteiger partial charge is 0.436 e. The normalized spacial score (nSPS) is 10.5. The van der Waals surface area contributed by atoms with Crippen molar-refractivity contribution in [1.29, 1.82) is 0 Å². The second-order valence-corrected chi connectivity index (χ2v) is 3.63. The van der Waals surface area contributed by atoms with Crippen molar-refractivity contribution in [3.05, 3.63) is 52.7 Å². The maximum Gasteiger partial charge on any atom is 0.258 e. The van der Waals surface area contributed by atoms with Crippen LogP contribution in [0.2, 0.25) is 5.02 Å². The Morgan fingerprint density at radius 3 is 2.33 bits per heavy atom. The number of hydrogen-bond acceptors (Lipinski definition) is 2. The molecule has 7 heteroatoms. The molecule has 18 heavy (non-hydrogen) atoms. The molecule has 2 nitrogen and oxygen atoms in total. The summed E-state index contributed by atoms with van der Waals surface area (Å²) in [7, 11) is 0. The highest BCUT2D eigenvalue weighted by Gasteiger charge is 2.14. The first-order valence-corrected chi connectivity index (χ1v) is 4.99. The highest BCUT2D eigenvalue weighted by molar-refractivity contribution is 6.30. The molecule has 0 N–H and O–H groups in total. The minimum Gasteiger partial charge on any atom is -0.436 e. The topological polar surface area (TPSA) is 22.1 Å². The molecule has 2 aromatic rings. The lowest BCUT2D eigenvalue weighted by atomic mass is 10.3. The highest BCUT2D eigenvalue weighted by Crippen LogP contribution is 2.27. The van der Waals surface area contributed by atoms with Crippen LogP contribution in [0.15, 0.2) is 24.3 Å². The molecule has 1 aromatic heterocycles. The van der Waals surface area contributed by atoms with E-state index in [9.17, 15) is 17.6 Å². The molecule has 0 bridgehead atoms. The van der Waals surface area contributed by atoms with Crippen LogP contribution < -0.4 is 4.74 Å². The molecule has 1 aromatic carbocycles. The van der Waals surface area contributed by atoms with Crippen molar-refractivity contribution in [2.45, 2.75) is 0 Å². The van der Waals surface area contributed by atoms with Crippen LogP contribution in [0.25, 0.3) is 0 Å². The van der Waals surface area contributed by atoms with Crippen LogP contribution in [0, 0.1) is 23.4 Å². The number of benzene rings is 1. The Kier molecular flexibility index (Phi) is 3.38. The fourth-order valence-corrected chi connectivity index (χ4v) is 1.32. The van der Waals surface area contributed by atoms with Crippen LogP contribution >= 0.6 is 11.6 Å². The van der Waals surface area contributed by atoms with Gasteiger partial charge in [-0.1, -0.05) is 11.6 Å². The van der Waals surface area contributed by atoms with Crippen LogP contribution in [0.5, 0.6) is 11.6 Å². The molecule has 0 aliphatic rings. The average molecular weight is 278 g/mol. The molecular weight excluding hydrogens is 274 g/mol. The van der Waals surface area contributed by atoms with Gasteiger partial charge in [0, 0.05) is 12.1 Å². The van der Waals surface area contributed by atoms with Crippen molar-refractivity contribution >= 4 is 11.6 Å². The van der Waals surface area contributed by atoms with Crippen LogP contribution in [-0.4, -0.2) is 4.98 Å². The molecule has 0 aliphatic heterocycles. The van der Waals surface area contributed by atoms with Crippen molar-refractivity contribution in [3.8, 4) is 11.6 Å². The van der Waals surface area contributed by atoms with E-state index in [1.807, 2.05) is 0 Å². The summed E-state index contributed by atoms with van der Waals surface area (Å²) in [4.78, 5) is 2.94. The van der Waals surface area contributed by atoms with Crippen LogP contribution in [0.1, 0.15) is 0 Å². The Balaban J connectivity index is 2.34. The molecule has 2 rings (SSSR count). The van der Waals surface area contributed by atoms with Gasteiger partial charge in [-0.3, -0.25) is 0 Å². The minimum atomic E-state index is -1.50. The molecule has 0 fully saturated rings. The fourth-order valence-electron chi connectivity index (χ4n) is 1.15. The number of rotatable bonds is 2. The first-order valence-electron chi connectivity index (χ1n) is 4.62. The van der Waals surface area contributed by atoms with Crippen molar-refractivity contribution in [2.75, 3.05) is 0 Å². The number of pyridine rings is 1. The Morgan fingerprint density at radius 1 is 0.944 bits per heavy atom. The van der Waals surface area contributed by atoms with Gasteiger partial charge in [0.25, 0.3) is 11.8 Å². The zero-order chi connectivity index (χ0) is 13.3. The van der Waals surface area contributed by atoms with Gasteiger partial charge in [-0.05, 0) is 12.1 Å². The van der Waals surface area contributed by atoms with Gasteiger partial charge in [0.2, 0.25) is 0 Å². The number of nitrogens with zero attached hydrogens (tertiary/aromatic N) is 1. The minimum absolute atomic E-state index is 0.0567. The van der Waals surface area contributed by atoms with Gasteiger partial charge < -0.3 is 4.74 Å². The third-order valence-electron chi connectivity index (χ3n) is 1.96. The summed E-state index contributed by atoms with van der Waals surface area (Å²) >= 11 is 5.47. The predicted octanol–water partition coefficient (Wildman–Crippen LogP) is 4.08. The van der Waals surface area contributed by atoms with Gasteiger partial charge in [-0.2, -0.15) is 9.37 Å². The van der Waals surface area contributed by atoms with E-state index >= 15 is 0 Å². The number of hydrogen-bond donors (Lipinski definition) is 0. The first kappa shape index (κ1) is 12.6. The Bertz CT molecular complexity index is 606. The van der Waals surface area contributed by atoms with Gasteiger partial charge in [-0.25, -0.2) is 13.2 Å². The monoisotopic (exact) mass is 277 g/mol. The van der Waals surface area contributed by atoms with Gasteiger partial charge in [0.1, 0.15) is 11.6 Å². The quantitative estimate of drug-likeness (QED) is 0.609. The van der Waals surface area contributed by atoms with E-state index in [-0.39, 0.29) is 10.8 Å². The summed E-state index contributed by atoms with van der Waals surface area (Å²) in [5, 5.41) is -0.254. The molecule has 0 atom stereocenters. The van der Waals surface area contributed by atoms with E-state index in [1.165, 1.54) is 0 Å². The lowest BCUT2D eigenvalue weighted by Gasteiger charge is -2.06. The van der Waals surface area contributed by atoms with E-state index in [4.69, 9.17) is 16.3 Å². The van der Waals surface area contributed by atoms with E-state index in [0.717, 1.165) is 18.2 Å². The summed E-state index contributed by atoms with van der Waals surface area (Å²) in [6.45, 7) is 0. The third kappa shape index (κ3) is 2.53. The Labute approximate surface area is 104 Å². The zero-order valence-electron chi connectivity index (χ0n) is 8.55. The molecule has 0 aliphatic carbocycles. The van der Waals surface area contributed by atoms with Crippen molar-refractivity contribution < 1.29 is 22.3 Å². The maximum absolute atomic E-state index is 13.2. The number of ether oxygens (including phenoxy) is 1. The molecule has 0 unspecified atom stereocenters. The summed E-state index contributed by atoms with van der Waals surface area (Å²) in [5.74, 6) is -5.64. The van der Waals surface area contributed by atoms with Crippen molar-refractivity contribution in [3.63, 3.8) is 0 Å². The number of aromatic nitrogens is 1. The van der Waals surface area contributed by atoms with Gasteiger partial charge >= 0.3 is 0 Å². The smallest absolute Gasteiger partial charge is 0.258 e. The number of halogens is 5. The van der Waals surface area contributed by atoms with Gasteiger partial charge in [0.15, 0.2) is 11.6 Å². The lowest BCUT2D eigenvalue weighted by molar-refractivity contribution is 0.386. The summed E-state index contributed by atoms with van der Waals surface area (Å²) in [6, 6.07) is 3.47. The molecule has 94 valence electrons. The van der Waals surface area contributed by atoms with Crippen LogP contribution in [0.4, 0.5) is 17.6 Å². The Hall–Kier alpha value is -1.82. The van der Waals surface area contributed by atoms with E-state index in [2.05, 4.69) is 4.98 Å². The molecular formula is C11H4ClF4NO. The molecule has 0 saturated heterocycles. The molecule has 0 radical (unpaired) electrons. The highest BCUT2D eigenvalue weighted by atomic mass is 35.5. The summed E-state index contributed by atoms with van der Waals surface area (Å²) < 4.78 is 56.3. The van der Waals surface area contributed by atoms with E-state index < -0.39 is 29.3 Å². The summed E-state index contributed by atoms with van der Waals surface area (Å²) in [5.41, 5.74) is 0. The first-order chi connectivity index (χ1) is 8.47. The Morgan fingerprint density at radius 2 is 1.67 bits per heavy atom. The van der Waals surface area contributed by atoms with Crippen LogP contribution in [0.3, 0.4) is 0 Å². The van der Waals surface area contributed by atoms with E-state index in [1.54, 1.807) is 0 Å². The molecule has 0 amide bonds. The van der Waals surface area contributed by atoms with Crippen LogP contribution in [-0.2, 0) is 0 Å². The molecule has 0 spiro atoms. The zero-order valence-corrected chi connectivity index (χ0v) is 9.31.